The molecular weight excluding hydrogens is 334 g/mol. The van der Waals surface area contributed by atoms with Gasteiger partial charge in [0, 0.05) is 35.9 Å². The minimum atomic E-state index is 0.501. The normalized spacial score (nSPS) is 12.4. The second-order valence-electron chi connectivity index (χ2n) is 5.05. The predicted molar refractivity (Wildman–Crippen MR) is 94.8 cm³/mol. The lowest BCUT2D eigenvalue weighted by Gasteiger charge is -2.28. The molecule has 0 aliphatic carbocycles. The van der Waals surface area contributed by atoms with E-state index in [2.05, 4.69) is 64.3 Å². The fourth-order valence-electron chi connectivity index (χ4n) is 2.01. The molecule has 1 unspecified atom stereocenters. The molecule has 0 saturated heterocycles. The summed E-state index contributed by atoms with van der Waals surface area (Å²) in [6.45, 7) is 6.36. The van der Waals surface area contributed by atoms with Crippen LogP contribution in [-0.4, -0.2) is 36.6 Å². The smallest absolute Gasteiger partial charge is 0.133 e. The van der Waals surface area contributed by atoms with Gasteiger partial charge in [-0.25, -0.2) is 4.98 Å². The first-order valence-electron chi connectivity index (χ1n) is 7.17. The summed E-state index contributed by atoms with van der Waals surface area (Å²) in [5.41, 5.74) is 1.26. The van der Waals surface area contributed by atoms with Gasteiger partial charge in [-0.3, -0.25) is 0 Å². The topological polar surface area (TPSA) is 28.2 Å². The van der Waals surface area contributed by atoms with Gasteiger partial charge in [-0.15, -0.1) is 0 Å². The Bertz CT molecular complexity index is 401. The lowest BCUT2D eigenvalue weighted by Crippen LogP contribution is -2.31. The van der Waals surface area contributed by atoms with Crippen LogP contribution in [-0.2, 0) is 6.54 Å². The molecule has 0 spiro atoms. The van der Waals surface area contributed by atoms with Crippen molar-refractivity contribution in [1.29, 1.82) is 0 Å². The van der Waals surface area contributed by atoms with Crippen molar-refractivity contribution < 1.29 is 0 Å². The summed E-state index contributed by atoms with van der Waals surface area (Å²) < 4.78 is 1.04. The van der Waals surface area contributed by atoms with Crippen LogP contribution < -0.4 is 10.2 Å². The first-order chi connectivity index (χ1) is 9.60. The summed E-state index contributed by atoms with van der Waals surface area (Å²) in [5, 5.41) is 3.46. The van der Waals surface area contributed by atoms with E-state index in [0.29, 0.717) is 6.04 Å². The Morgan fingerprint density at radius 3 is 2.90 bits per heavy atom. The fourth-order valence-corrected chi connectivity index (χ4v) is 2.97. The maximum Gasteiger partial charge on any atom is 0.133 e. The summed E-state index contributed by atoms with van der Waals surface area (Å²) >= 11 is 5.42. The third-order valence-corrected chi connectivity index (χ3v) is 4.46. The molecule has 1 rings (SSSR count). The van der Waals surface area contributed by atoms with Gasteiger partial charge in [0.25, 0.3) is 0 Å². The Labute approximate surface area is 136 Å². The van der Waals surface area contributed by atoms with Crippen molar-refractivity contribution in [3.63, 3.8) is 0 Å². The molecule has 1 atom stereocenters. The largest absolute Gasteiger partial charge is 0.357 e. The second kappa shape index (κ2) is 9.64. The van der Waals surface area contributed by atoms with Gasteiger partial charge in [-0.1, -0.05) is 6.92 Å². The molecule has 0 aliphatic rings. The van der Waals surface area contributed by atoms with Gasteiger partial charge >= 0.3 is 0 Å². The van der Waals surface area contributed by atoms with E-state index >= 15 is 0 Å². The second-order valence-corrected chi connectivity index (χ2v) is 6.96. The molecule has 0 aromatic carbocycles. The van der Waals surface area contributed by atoms with E-state index in [0.717, 1.165) is 29.8 Å². The van der Waals surface area contributed by atoms with Crippen LogP contribution in [0.25, 0.3) is 0 Å². The minimum Gasteiger partial charge on any atom is -0.357 e. The van der Waals surface area contributed by atoms with Gasteiger partial charge in [0.15, 0.2) is 0 Å². The van der Waals surface area contributed by atoms with Crippen LogP contribution >= 0.6 is 27.7 Å². The maximum atomic E-state index is 4.62. The summed E-state index contributed by atoms with van der Waals surface area (Å²) in [4.78, 5) is 6.92. The minimum absolute atomic E-state index is 0.501. The van der Waals surface area contributed by atoms with E-state index in [9.17, 15) is 0 Å². The third kappa shape index (κ3) is 5.62. The standard InChI is InChI=1S/C15H26BrN3S/c1-5-7-17-10-13-9-14(16)11-18-15(13)19(3)12(2)6-8-20-4/h9,11-12,17H,5-8,10H2,1-4H3. The van der Waals surface area contributed by atoms with Gasteiger partial charge in [-0.05, 0) is 60.3 Å². The van der Waals surface area contributed by atoms with Gasteiger partial charge in [0.1, 0.15) is 5.82 Å². The van der Waals surface area contributed by atoms with E-state index in [1.807, 2.05) is 18.0 Å². The zero-order valence-electron chi connectivity index (χ0n) is 12.9. The summed E-state index contributed by atoms with van der Waals surface area (Å²) in [6.07, 6.45) is 6.37. The number of anilines is 1. The fraction of sp³-hybridized carbons (Fsp3) is 0.667. The van der Waals surface area contributed by atoms with Gasteiger partial charge in [-0.2, -0.15) is 11.8 Å². The van der Waals surface area contributed by atoms with E-state index in [1.54, 1.807) is 0 Å². The summed E-state index contributed by atoms with van der Waals surface area (Å²) in [7, 11) is 2.14. The first kappa shape index (κ1) is 17.8. The highest BCUT2D eigenvalue weighted by molar-refractivity contribution is 9.10. The SMILES string of the molecule is CCCNCc1cc(Br)cnc1N(C)C(C)CCSC. The van der Waals surface area contributed by atoms with Crippen molar-refractivity contribution in [1.82, 2.24) is 10.3 Å². The molecule has 1 aromatic rings. The lowest BCUT2D eigenvalue weighted by atomic mass is 10.2. The lowest BCUT2D eigenvalue weighted by molar-refractivity contribution is 0.643. The molecular formula is C15H26BrN3S. The van der Waals surface area contributed by atoms with Crippen LogP contribution in [0.1, 0.15) is 32.3 Å². The predicted octanol–water partition coefficient (Wildman–Crippen LogP) is 3.92. The number of pyridine rings is 1. The molecule has 5 heteroatoms. The molecule has 0 radical (unpaired) electrons. The number of aromatic nitrogens is 1. The van der Waals surface area contributed by atoms with Crippen LogP contribution in [0.4, 0.5) is 5.82 Å². The number of rotatable bonds is 9. The Hall–Kier alpha value is -0.260. The van der Waals surface area contributed by atoms with Gasteiger partial charge in [0.2, 0.25) is 0 Å². The van der Waals surface area contributed by atoms with Gasteiger partial charge in [0.05, 0.1) is 0 Å². The first-order valence-corrected chi connectivity index (χ1v) is 9.35. The summed E-state index contributed by atoms with van der Waals surface area (Å²) in [5.74, 6) is 2.27. The van der Waals surface area contributed by atoms with Crippen LogP contribution in [0, 0.1) is 0 Å². The molecule has 1 heterocycles. The quantitative estimate of drug-likeness (QED) is 0.676. The summed E-state index contributed by atoms with van der Waals surface area (Å²) in [6, 6.07) is 2.67. The Kier molecular flexibility index (Phi) is 8.57. The molecule has 0 bridgehead atoms. The van der Waals surface area contributed by atoms with E-state index in [-0.39, 0.29) is 0 Å². The highest BCUT2D eigenvalue weighted by Gasteiger charge is 2.15. The van der Waals surface area contributed by atoms with Crippen molar-refractivity contribution in [2.45, 2.75) is 39.3 Å². The van der Waals surface area contributed by atoms with Crippen molar-refractivity contribution in [3.05, 3.63) is 22.3 Å². The van der Waals surface area contributed by atoms with Crippen molar-refractivity contribution in [2.24, 2.45) is 0 Å². The van der Waals surface area contributed by atoms with Crippen LogP contribution in [0.15, 0.2) is 16.7 Å². The third-order valence-electron chi connectivity index (χ3n) is 3.39. The number of halogens is 1. The number of nitrogens with one attached hydrogen (secondary N) is 1. The number of nitrogens with zero attached hydrogens (tertiary/aromatic N) is 2. The molecule has 0 fully saturated rings. The zero-order valence-corrected chi connectivity index (χ0v) is 15.4. The van der Waals surface area contributed by atoms with Crippen LogP contribution in [0.5, 0.6) is 0 Å². The highest BCUT2D eigenvalue weighted by atomic mass is 79.9. The molecule has 20 heavy (non-hydrogen) atoms. The van der Waals surface area contributed by atoms with Crippen molar-refractivity contribution in [3.8, 4) is 0 Å². The maximum absolute atomic E-state index is 4.62. The molecule has 0 saturated carbocycles. The van der Waals surface area contributed by atoms with E-state index < -0.39 is 0 Å². The Balaban J connectivity index is 2.80. The number of hydrogen-bond donors (Lipinski definition) is 1. The van der Waals surface area contributed by atoms with E-state index in [4.69, 9.17) is 0 Å². The van der Waals surface area contributed by atoms with Crippen molar-refractivity contribution in [2.75, 3.05) is 30.5 Å². The van der Waals surface area contributed by atoms with Crippen molar-refractivity contribution >= 4 is 33.5 Å². The molecule has 0 amide bonds. The highest BCUT2D eigenvalue weighted by Crippen LogP contribution is 2.23. The molecule has 3 nitrogen and oxygen atoms in total. The molecule has 0 aliphatic heterocycles. The number of hydrogen-bond acceptors (Lipinski definition) is 4. The van der Waals surface area contributed by atoms with Gasteiger partial charge < -0.3 is 10.2 Å². The molecule has 114 valence electrons. The van der Waals surface area contributed by atoms with Crippen LogP contribution in [0.3, 0.4) is 0 Å². The Morgan fingerprint density at radius 2 is 2.25 bits per heavy atom. The van der Waals surface area contributed by atoms with Crippen LogP contribution in [0.2, 0.25) is 0 Å². The number of thioether (sulfide) groups is 1. The Morgan fingerprint density at radius 1 is 1.50 bits per heavy atom. The average molecular weight is 360 g/mol. The molecule has 1 N–H and O–H groups in total. The average Bonchev–Trinajstić information content (AvgIpc) is 2.44. The zero-order chi connectivity index (χ0) is 15.0. The van der Waals surface area contributed by atoms with E-state index in [1.165, 1.54) is 17.7 Å². The molecule has 1 aromatic heterocycles. The monoisotopic (exact) mass is 359 g/mol.